The highest BCUT2D eigenvalue weighted by Gasteiger charge is 2.36. The predicted molar refractivity (Wildman–Crippen MR) is 64.3 cm³/mol. The van der Waals surface area contributed by atoms with Gasteiger partial charge in [-0.25, -0.2) is 13.4 Å². The molecule has 1 aliphatic carbocycles. The van der Waals surface area contributed by atoms with Gasteiger partial charge in [0, 0.05) is 13.1 Å². The number of rotatable bonds is 4. The van der Waals surface area contributed by atoms with E-state index in [0.717, 1.165) is 24.2 Å². The van der Waals surface area contributed by atoms with Crippen LogP contribution in [0.3, 0.4) is 0 Å². The van der Waals surface area contributed by atoms with Gasteiger partial charge in [0.1, 0.15) is 0 Å². The van der Waals surface area contributed by atoms with Crippen LogP contribution in [-0.2, 0) is 10.0 Å². The van der Waals surface area contributed by atoms with Crippen LogP contribution < -0.4 is 0 Å². The summed E-state index contributed by atoms with van der Waals surface area (Å²) in [6, 6.07) is 0.0471. The quantitative estimate of drug-likeness (QED) is 0.850. The Kier molecular flexibility index (Phi) is 3.27. The summed E-state index contributed by atoms with van der Waals surface area (Å²) in [5.74, 6) is 0.503. The van der Waals surface area contributed by atoms with Crippen molar-refractivity contribution in [2.24, 2.45) is 5.92 Å². The molecule has 1 atom stereocenters. The summed E-state index contributed by atoms with van der Waals surface area (Å²) in [4.78, 5) is 3.76. The van der Waals surface area contributed by atoms with E-state index >= 15 is 0 Å². The van der Waals surface area contributed by atoms with Gasteiger partial charge in [-0.1, -0.05) is 22.9 Å². The van der Waals surface area contributed by atoms with E-state index in [0.29, 0.717) is 5.92 Å². The fourth-order valence-corrected chi connectivity index (χ4v) is 4.50. The Hall–Kier alpha value is -0.170. The van der Waals surface area contributed by atoms with Gasteiger partial charge in [-0.2, -0.15) is 4.31 Å². The average molecular weight is 281 g/mol. The first-order chi connectivity index (χ1) is 7.43. The first-order valence-corrected chi connectivity index (χ1v) is 7.65. The lowest BCUT2D eigenvalue weighted by molar-refractivity contribution is 0.358. The Morgan fingerprint density at radius 1 is 1.62 bits per heavy atom. The van der Waals surface area contributed by atoms with Crippen molar-refractivity contribution in [3.8, 4) is 0 Å². The Balaban J connectivity index is 2.24. The first kappa shape index (κ1) is 12.3. The number of halogens is 1. The maximum absolute atomic E-state index is 12.2. The van der Waals surface area contributed by atoms with E-state index in [1.807, 2.05) is 6.92 Å². The van der Waals surface area contributed by atoms with Crippen LogP contribution in [0.1, 0.15) is 19.8 Å². The van der Waals surface area contributed by atoms with Gasteiger partial charge in [0.05, 0.1) is 6.20 Å². The summed E-state index contributed by atoms with van der Waals surface area (Å²) in [5.41, 5.74) is 0. The zero-order valence-corrected chi connectivity index (χ0v) is 11.4. The molecule has 16 heavy (non-hydrogen) atoms. The summed E-state index contributed by atoms with van der Waals surface area (Å²) >= 11 is 6.65. The minimum absolute atomic E-state index is 0.0471. The summed E-state index contributed by atoms with van der Waals surface area (Å²) in [7, 11) is -1.80. The van der Waals surface area contributed by atoms with E-state index in [1.54, 1.807) is 7.05 Å². The van der Waals surface area contributed by atoms with Crippen molar-refractivity contribution in [3.63, 3.8) is 0 Å². The molecular weight excluding hydrogens is 268 g/mol. The fourth-order valence-electron chi connectivity index (χ4n) is 1.59. The molecule has 1 aliphatic rings. The number of nitrogens with zero attached hydrogens (tertiary/aromatic N) is 2. The second kappa shape index (κ2) is 4.25. The molecule has 0 spiro atoms. The van der Waals surface area contributed by atoms with Crippen LogP contribution in [0.25, 0.3) is 0 Å². The molecule has 7 heteroatoms. The van der Waals surface area contributed by atoms with Crippen molar-refractivity contribution in [2.75, 3.05) is 7.05 Å². The smallest absolute Gasteiger partial charge is 0.232 e. The molecule has 0 bridgehead atoms. The Morgan fingerprint density at radius 3 is 2.69 bits per heavy atom. The third kappa shape index (κ3) is 2.25. The predicted octanol–water partition coefficient (Wildman–Crippen LogP) is 2.22. The molecule has 4 nitrogen and oxygen atoms in total. The van der Waals surface area contributed by atoms with E-state index in [2.05, 4.69) is 4.98 Å². The monoisotopic (exact) mass is 280 g/mol. The number of thiazole rings is 1. The molecule has 0 aliphatic heterocycles. The molecule has 0 amide bonds. The van der Waals surface area contributed by atoms with Crippen molar-refractivity contribution in [1.82, 2.24) is 9.29 Å². The minimum Gasteiger partial charge on any atom is -0.232 e. The summed E-state index contributed by atoms with van der Waals surface area (Å²) in [6.45, 7) is 1.94. The Morgan fingerprint density at radius 2 is 2.25 bits per heavy atom. The molecule has 1 unspecified atom stereocenters. The van der Waals surface area contributed by atoms with Gasteiger partial charge in [-0.15, -0.1) is 0 Å². The van der Waals surface area contributed by atoms with E-state index in [1.165, 1.54) is 10.5 Å². The first-order valence-electron chi connectivity index (χ1n) is 5.02. The molecular formula is C9H13ClN2O2S2. The SMILES string of the molecule is CC(C1CC1)N(C)S(=O)(=O)c1cnc(Cl)s1. The summed E-state index contributed by atoms with van der Waals surface area (Å²) < 4.78 is 26.2. The van der Waals surface area contributed by atoms with Crippen molar-refractivity contribution in [3.05, 3.63) is 10.7 Å². The van der Waals surface area contributed by atoms with Gasteiger partial charge in [0.2, 0.25) is 0 Å². The molecule has 1 aromatic rings. The highest BCUT2D eigenvalue weighted by molar-refractivity contribution is 7.91. The molecule has 1 aromatic heterocycles. The van der Waals surface area contributed by atoms with E-state index in [4.69, 9.17) is 11.6 Å². The molecule has 0 N–H and O–H groups in total. The van der Waals surface area contributed by atoms with Crippen LogP contribution in [0.15, 0.2) is 10.4 Å². The summed E-state index contributed by atoms with van der Waals surface area (Å²) in [6.07, 6.45) is 3.55. The van der Waals surface area contributed by atoms with Gasteiger partial charge in [-0.3, -0.25) is 0 Å². The van der Waals surface area contributed by atoms with Gasteiger partial charge in [0.15, 0.2) is 8.68 Å². The fraction of sp³-hybridized carbons (Fsp3) is 0.667. The number of hydrogen-bond acceptors (Lipinski definition) is 4. The molecule has 1 fully saturated rings. The lowest BCUT2D eigenvalue weighted by atomic mass is 10.2. The third-order valence-corrected chi connectivity index (χ3v) is 6.46. The van der Waals surface area contributed by atoms with Crippen LogP contribution in [0.4, 0.5) is 0 Å². The Bertz CT molecular complexity index is 481. The van der Waals surface area contributed by atoms with Crippen molar-refractivity contribution in [1.29, 1.82) is 0 Å². The summed E-state index contributed by atoms with van der Waals surface area (Å²) in [5, 5.41) is 0. The van der Waals surface area contributed by atoms with Crippen LogP contribution in [0.2, 0.25) is 4.47 Å². The second-order valence-corrected chi connectivity index (χ2v) is 7.87. The largest absolute Gasteiger partial charge is 0.254 e. The molecule has 90 valence electrons. The third-order valence-electron chi connectivity index (χ3n) is 2.97. The number of sulfonamides is 1. The van der Waals surface area contributed by atoms with Crippen molar-refractivity contribution >= 4 is 33.0 Å². The highest BCUT2D eigenvalue weighted by Crippen LogP contribution is 2.37. The maximum atomic E-state index is 12.2. The van der Waals surface area contributed by atoms with Gasteiger partial charge in [0.25, 0.3) is 10.0 Å². The topological polar surface area (TPSA) is 50.3 Å². The zero-order valence-electron chi connectivity index (χ0n) is 9.05. The van der Waals surface area contributed by atoms with Crippen LogP contribution >= 0.6 is 22.9 Å². The lowest BCUT2D eigenvalue weighted by Crippen LogP contribution is -2.36. The minimum atomic E-state index is -3.42. The number of hydrogen-bond donors (Lipinski definition) is 0. The molecule has 0 saturated heterocycles. The van der Waals surface area contributed by atoms with E-state index < -0.39 is 10.0 Å². The highest BCUT2D eigenvalue weighted by atomic mass is 35.5. The maximum Gasteiger partial charge on any atom is 0.254 e. The standard InChI is InChI=1S/C9H13ClN2O2S2/c1-6(7-3-4-7)12(2)16(13,14)8-5-11-9(10)15-8/h5-7H,3-4H2,1-2H3. The van der Waals surface area contributed by atoms with Crippen molar-refractivity contribution < 1.29 is 8.42 Å². The van der Waals surface area contributed by atoms with Gasteiger partial charge < -0.3 is 0 Å². The lowest BCUT2D eigenvalue weighted by Gasteiger charge is -2.22. The number of aromatic nitrogens is 1. The molecule has 1 heterocycles. The Labute approximate surface area is 104 Å². The van der Waals surface area contributed by atoms with Gasteiger partial charge in [-0.05, 0) is 25.7 Å². The van der Waals surface area contributed by atoms with Crippen LogP contribution in [-0.4, -0.2) is 30.8 Å². The molecule has 2 rings (SSSR count). The van der Waals surface area contributed by atoms with E-state index in [9.17, 15) is 8.42 Å². The van der Waals surface area contributed by atoms with Crippen LogP contribution in [0, 0.1) is 5.92 Å². The zero-order chi connectivity index (χ0) is 11.9. The normalized spacial score (nSPS) is 19.0. The molecule has 1 saturated carbocycles. The molecule has 0 radical (unpaired) electrons. The second-order valence-electron chi connectivity index (χ2n) is 4.03. The average Bonchev–Trinajstić information content (AvgIpc) is 2.98. The van der Waals surface area contributed by atoms with E-state index in [-0.39, 0.29) is 14.7 Å². The van der Waals surface area contributed by atoms with Gasteiger partial charge >= 0.3 is 0 Å². The van der Waals surface area contributed by atoms with Crippen LogP contribution in [0.5, 0.6) is 0 Å². The molecule has 0 aromatic carbocycles. The van der Waals surface area contributed by atoms with Crippen molar-refractivity contribution in [2.45, 2.75) is 30.0 Å².